The van der Waals surface area contributed by atoms with Gasteiger partial charge in [0.15, 0.2) is 0 Å². The van der Waals surface area contributed by atoms with Crippen LogP contribution in [0, 0.1) is 0 Å². The summed E-state index contributed by atoms with van der Waals surface area (Å²) in [6.07, 6.45) is 1.19. The fraction of sp³-hybridized carbons (Fsp3) is 0.231. The monoisotopic (exact) mass is 590 g/mol. The Balaban J connectivity index is 1.52. The van der Waals surface area contributed by atoms with Gasteiger partial charge < -0.3 is 5.11 Å². The summed E-state index contributed by atoms with van der Waals surface area (Å²) in [7, 11) is -4.03. The minimum atomic E-state index is -4.03. The zero-order chi connectivity index (χ0) is 26.1. The van der Waals surface area contributed by atoms with E-state index in [0.29, 0.717) is 19.4 Å². The summed E-state index contributed by atoms with van der Waals surface area (Å²) in [6.45, 7) is 0.325. The lowest BCUT2D eigenvalue weighted by Crippen LogP contribution is -2.40. The number of unbranched alkanes of at least 4 members (excludes halogenated alkanes) is 1. The molecule has 36 heavy (non-hydrogen) atoms. The van der Waals surface area contributed by atoms with Crippen LogP contribution in [0.4, 0.5) is 0 Å². The molecule has 0 fully saturated rings. The van der Waals surface area contributed by atoms with Gasteiger partial charge in [-0.25, -0.2) is 8.42 Å². The molecule has 1 atom stereocenters. The Kier molecular flexibility index (Phi) is 10.1. The minimum Gasteiger partial charge on any atom is -0.480 e. The number of aliphatic carboxylic acids is 1. The van der Waals surface area contributed by atoms with Crippen LogP contribution in [0.15, 0.2) is 88.2 Å². The Morgan fingerprint density at radius 2 is 1.50 bits per heavy atom. The molecule has 0 aliphatic carbocycles. The highest BCUT2D eigenvalue weighted by atomic mass is 79.9. The highest BCUT2D eigenvalue weighted by molar-refractivity contribution is 9.10. The van der Waals surface area contributed by atoms with Crippen molar-refractivity contribution in [1.29, 1.82) is 0 Å². The molecule has 1 unspecified atom stereocenters. The van der Waals surface area contributed by atoms with Crippen LogP contribution >= 0.6 is 28.7 Å². The molecule has 2 N–H and O–H groups in total. The van der Waals surface area contributed by atoms with Gasteiger partial charge >= 0.3 is 5.97 Å². The number of rotatable bonds is 12. The first kappa shape index (κ1) is 27.9. The molecule has 3 rings (SSSR count). The molecule has 0 heterocycles. The van der Waals surface area contributed by atoms with Gasteiger partial charge in [0.25, 0.3) is 0 Å². The standard InChI is InChI=1S/C26H27BrN2O5S2/c27-22-13-9-20(10-14-22)21-11-15-23(16-12-21)36(33,34)28-24(26(31)32)8-4-5-17-29(35)25(30)18-19-6-2-1-3-7-19/h1-3,6-7,9-16,24,28,35H,4-5,8,17-18H2,(H,31,32). The Hall–Kier alpha value is -2.66. The Labute approximate surface area is 225 Å². The van der Waals surface area contributed by atoms with E-state index >= 15 is 0 Å². The third-order valence-corrected chi connectivity index (χ3v) is 7.98. The van der Waals surface area contributed by atoms with Gasteiger partial charge in [-0.2, -0.15) is 4.72 Å². The molecule has 0 saturated heterocycles. The molecular weight excluding hydrogens is 564 g/mol. The van der Waals surface area contributed by atoms with E-state index in [2.05, 4.69) is 33.5 Å². The maximum absolute atomic E-state index is 12.8. The molecule has 0 aromatic heterocycles. The van der Waals surface area contributed by atoms with Gasteiger partial charge in [-0.3, -0.25) is 13.9 Å². The number of benzene rings is 3. The van der Waals surface area contributed by atoms with E-state index in [4.69, 9.17) is 0 Å². The zero-order valence-corrected chi connectivity index (χ0v) is 22.7. The molecular formula is C26H27BrN2O5S2. The smallest absolute Gasteiger partial charge is 0.321 e. The molecule has 0 aliphatic heterocycles. The average Bonchev–Trinajstić information content (AvgIpc) is 2.86. The number of hydrogen-bond donors (Lipinski definition) is 3. The molecule has 10 heteroatoms. The Morgan fingerprint density at radius 1 is 0.917 bits per heavy atom. The number of amides is 1. The first-order valence-corrected chi connectivity index (χ1v) is 14.0. The van der Waals surface area contributed by atoms with E-state index in [0.717, 1.165) is 21.2 Å². The van der Waals surface area contributed by atoms with Crippen molar-refractivity contribution in [2.45, 2.75) is 36.6 Å². The number of carbonyl (C=O) groups is 2. The van der Waals surface area contributed by atoms with Crippen LogP contribution in [0.3, 0.4) is 0 Å². The fourth-order valence-corrected chi connectivity index (χ4v) is 5.25. The van der Waals surface area contributed by atoms with E-state index in [-0.39, 0.29) is 23.6 Å². The second kappa shape index (κ2) is 13.0. The summed E-state index contributed by atoms with van der Waals surface area (Å²) in [5.74, 6) is -1.42. The van der Waals surface area contributed by atoms with Crippen molar-refractivity contribution >= 4 is 50.6 Å². The van der Waals surface area contributed by atoms with Gasteiger partial charge in [0.05, 0.1) is 11.3 Å². The lowest BCUT2D eigenvalue weighted by atomic mass is 10.1. The summed E-state index contributed by atoms with van der Waals surface area (Å²) in [5, 5.41) is 9.55. The fourth-order valence-electron chi connectivity index (χ4n) is 3.55. The maximum Gasteiger partial charge on any atom is 0.321 e. The molecule has 7 nitrogen and oxygen atoms in total. The molecule has 3 aromatic carbocycles. The predicted molar refractivity (Wildman–Crippen MR) is 146 cm³/mol. The first-order chi connectivity index (χ1) is 17.2. The molecule has 0 aliphatic rings. The summed E-state index contributed by atoms with van der Waals surface area (Å²) < 4.78 is 30.1. The Morgan fingerprint density at radius 3 is 2.08 bits per heavy atom. The van der Waals surface area contributed by atoms with Crippen molar-refractivity contribution < 1.29 is 23.1 Å². The highest BCUT2D eigenvalue weighted by Gasteiger charge is 2.25. The first-order valence-electron chi connectivity index (χ1n) is 11.3. The number of nitrogens with zero attached hydrogens (tertiary/aromatic N) is 1. The summed E-state index contributed by atoms with van der Waals surface area (Å²) >= 11 is 7.61. The summed E-state index contributed by atoms with van der Waals surface area (Å²) in [5.41, 5.74) is 2.65. The lowest BCUT2D eigenvalue weighted by molar-refractivity contribution is -0.139. The predicted octanol–water partition coefficient (Wildman–Crippen LogP) is 4.93. The molecule has 0 bridgehead atoms. The van der Waals surface area contributed by atoms with Crippen LogP contribution in [0.5, 0.6) is 0 Å². The second-order valence-electron chi connectivity index (χ2n) is 8.22. The third-order valence-electron chi connectivity index (χ3n) is 5.54. The van der Waals surface area contributed by atoms with Gasteiger partial charge in [0.1, 0.15) is 6.04 Å². The number of halogens is 1. The van der Waals surface area contributed by atoms with Gasteiger partial charge in [0.2, 0.25) is 15.9 Å². The summed E-state index contributed by atoms with van der Waals surface area (Å²) in [6, 6.07) is 21.9. The van der Waals surface area contributed by atoms with Crippen LogP contribution < -0.4 is 4.72 Å². The van der Waals surface area contributed by atoms with Crippen LogP contribution in [0.1, 0.15) is 24.8 Å². The topological polar surface area (TPSA) is 104 Å². The van der Waals surface area contributed by atoms with Crippen LogP contribution in [-0.2, 0) is 26.0 Å². The van der Waals surface area contributed by atoms with Gasteiger partial charge in [-0.15, -0.1) is 0 Å². The van der Waals surface area contributed by atoms with Gasteiger partial charge in [-0.05, 0) is 60.2 Å². The largest absolute Gasteiger partial charge is 0.480 e. The maximum atomic E-state index is 12.8. The van der Waals surface area contributed by atoms with Crippen molar-refractivity contribution in [3.05, 3.63) is 88.9 Å². The number of thiol groups is 1. The average molecular weight is 592 g/mol. The molecule has 1 amide bonds. The molecule has 3 aromatic rings. The number of sulfonamides is 1. The number of carboxylic acids is 1. The van der Waals surface area contributed by atoms with Crippen molar-refractivity contribution in [1.82, 2.24) is 9.03 Å². The quantitative estimate of drug-likeness (QED) is 0.205. The number of nitrogens with one attached hydrogen (secondary N) is 1. The Bertz CT molecular complexity index is 1270. The number of carboxylic acid groups (broad SMARTS) is 1. The van der Waals surface area contributed by atoms with E-state index in [1.165, 1.54) is 16.4 Å². The van der Waals surface area contributed by atoms with E-state index in [1.54, 1.807) is 12.1 Å². The van der Waals surface area contributed by atoms with Crippen LogP contribution in [0.25, 0.3) is 11.1 Å². The normalized spacial score (nSPS) is 12.2. The highest BCUT2D eigenvalue weighted by Crippen LogP contribution is 2.23. The van der Waals surface area contributed by atoms with Crippen LogP contribution in [0.2, 0.25) is 0 Å². The van der Waals surface area contributed by atoms with Crippen molar-refractivity contribution in [2.24, 2.45) is 0 Å². The third kappa shape index (κ3) is 8.19. The second-order valence-corrected chi connectivity index (χ2v) is 11.3. The molecule has 0 radical (unpaired) electrons. The van der Waals surface area contributed by atoms with Crippen molar-refractivity contribution in [3.8, 4) is 11.1 Å². The van der Waals surface area contributed by atoms with Gasteiger partial charge in [0, 0.05) is 11.0 Å². The van der Waals surface area contributed by atoms with Gasteiger partial charge in [-0.1, -0.05) is 83.3 Å². The SMILES string of the molecule is O=C(O)C(CCCCN(S)C(=O)Cc1ccccc1)NS(=O)(=O)c1ccc(-c2ccc(Br)cc2)cc1. The minimum absolute atomic E-state index is 0.0114. The molecule has 0 saturated carbocycles. The van der Waals surface area contributed by atoms with Crippen molar-refractivity contribution in [2.75, 3.05) is 6.54 Å². The number of carbonyl (C=O) groups excluding carboxylic acids is 1. The number of hydrogen-bond acceptors (Lipinski definition) is 5. The lowest BCUT2D eigenvalue weighted by Gasteiger charge is -2.17. The molecule has 0 spiro atoms. The van der Waals surface area contributed by atoms with Crippen LogP contribution in [-0.4, -0.2) is 42.3 Å². The van der Waals surface area contributed by atoms with E-state index < -0.39 is 22.0 Å². The molecule has 190 valence electrons. The zero-order valence-electron chi connectivity index (χ0n) is 19.4. The van der Waals surface area contributed by atoms with E-state index in [9.17, 15) is 23.1 Å². The van der Waals surface area contributed by atoms with E-state index in [1.807, 2.05) is 54.6 Å². The summed E-state index contributed by atoms with van der Waals surface area (Å²) in [4.78, 5) is 24.0. The van der Waals surface area contributed by atoms with Crippen molar-refractivity contribution in [3.63, 3.8) is 0 Å².